The smallest absolute Gasteiger partial charge is 0.459 e. The van der Waals surface area contributed by atoms with Crippen LogP contribution in [-0.2, 0) is 35.7 Å². The van der Waals surface area contributed by atoms with Gasteiger partial charge in [0.05, 0.1) is 38.5 Å². The Hall–Kier alpha value is -4.47. The molecule has 1 N–H and O–H groups in total. The number of rotatable bonds is 8. The topological polar surface area (TPSA) is 129 Å². The number of hydrogen-bond acceptors (Lipinski definition) is 10. The van der Waals surface area contributed by atoms with Crippen LogP contribution in [0.2, 0.25) is 0 Å². The number of ether oxygens (including phenoxy) is 2. The van der Waals surface area contributed by atoms with Gasteiger partial charge in [0.15, 0.2) is 5.69 Å². The molecule has 5 aliphatic rings. The van der Waals surface area contributed by atoms with Gasteiger partial charge in [0.2, 0.25) is 11.2 Å². The number of pyridine rings is 1. The SMILES string of the molecule is CCOP(=O)(NC1(C(=O)OC)CC1)Oc1c2n(ccc1=O)N(C1c3ccccc3-c3scc4c3-c3c1ccc(F)c3C(F)(F)C4)C1COCCN1C2=O. The monoisotopic (exact) mass is 768 g/mol. The number of carbonyl (C=O) groups excluding carboxylic acids is 2. The quantitative estimate of drug-likeness (QED) is 0.176. The van der Waals surface area contributed by atoms with Gasteiger partial charge in [0, 0.05) is 41.2 Å². The first kappa shape index (κ1) is 34.3. The maximum Gasteiger partial charge on any atom is 0.459 e. The number of amides is 1. The van der Waals surface area contributed by atoms with Crippen LogP contribution in [-0.4, -0.2) is 66.6 Å². The normalized spacial score (nSPS) is 22.4. The van der Waals surface area contributed by atoms with Gasteiger partial charge in [-0.2, -0.15) is 5.09 Å². The van der Waals surface area contributed by atoms with Crippen molar-refractivity contribution < 1.29 is 45.8 Å². The van der Waals surface area contributed by atoms with Crippen LogP contribution in [0.5, 0.6) is 5.75 Å². The number of hydrogen-bond donors (Lipinski definition) is 1. The minimum atomic E-state index is -4.53. The minimum absolute atomic E-state index is 0.000597. The number of carbonyl (C=O) groups is 2. The van der Waals surface area contributed by atoms with Gasteiger partial charge >= 0.3 is 13.7 Å². The lowest BCUT2D eigenvalue weighted by molar-refractivity contribution is -0.143. The molecule has 3 unspecified atom stereocenters. The van der Waals surface area contributed by atoms with Crippen molar-refractivity contribution in [3.63, 3.8) is 0 Å². The molecule has 1 saturated carbocycles. The van der Waals surface area contributed by atoms with E-state index < -0.39 is 72.3 Å². The summed E-state index contributed by atoms with van der Waals surface area (Å²) in [6, 6.07) is 10.1. The summed E-state index contributed by atoms with van der Waals surface area (Å²) in [5, 5.41) is 6.10. The largest absolute Gasteiger partial charge is 0.468 e. The van der Waals surface area contributed by atoms with E-state index in [1.54, 1.807) is 17.3 Å². The van der Waals surface area contributed by atoms with Crippen molar-refractivity contribution in [1.82, 2.24) is 14.7 Å². The van der Waals surface area contributed by atoms with Crippen LogP contribution in [0.4, 0.5) is 13.2 Å². The summed E-state index contributed by atoms with van der Waals surface area (Å²) < 4.78 is 85.7. The molecule has 2 fully saturated rings. The molecule has 3 atom stereocenters. The third-order valence-electron chi connectivity index (χ3n) is 10.5. The van der Waals surface area contributed by atoms with Crippen molar-refractivity contribution in [1.29, 1.82) is 0 Å². The van der Waals surface area contributed by atoms with Gasteiger partial charge in [-0.15, -0.1) is 11.3 Å². The standard InChI is InChI=1S/C36H32F3N4O8PS/c1-3-50-52(47,40-35(11-12-35)34(46)48-2)51-31-24(44)10-13-42-30(31)33(45)41-14-15-49-17-25(41)43(42)29-20-6-4-5-7-21(20)32-26-19(18-53-32)16-36(38,39)28-23(37)9-8-22(29)27(26)28/h4-10,13,18,25,29H,3,11-12,14-17H2,1-2H3,(H,40,47). The highest BCUT2D eigenvalue weighted by molar-refractivity contribution is 7.52. The van der Waals surface area contributed by atoms with Gasteiger partial charge in [0.1, 0.15) is 17.5 Å². The van der Waals surface area contributed by atoms with Crippen molar-refractivity contribution in [2.24, 2.45) is 0 Å². The van der Waals surface area contributed by atoms with E-state index in [0.717, 1.165) is 17.7 Å². The zero-order valence-electron chi connectivity index (χ0n) is 28.4. The van der Waals surface area contributed by atoms with Crippen LogP contribution < -0.4 is 20.0 Å². The molecule has 4 aromatic rings. The molecule has 2 aromatic heterocycles. The van der Waals surface area contributed by atoms with E-state index in [1.807, 2.05) is 24.3 Å². The molecule has 1 amide bonds. The molecule has 12 nitrogen and oxygen atoms in total. The van der Waals surface area contributed by atoms with Gasteiger partial charge in [-0.1, -0.05) is 30.3 Å². The Bertz CT molecular complexity index is 2340. The number of thiophene rings is 1. The van der Waals surface area contributed by atoms with Gasteiger partial charge < -0.3 is 18.9 Å². The molecule has 3 aliphatic carbocycles. The van der Waals surface area contributed by atoms with E-state index in [9.17, 15) is 18.9 Å². The summed E-state index contributed by atoms with van der Waals surface area (Å²) in [5.74, 6) is -6.48. The van der Waals surface area contributed by atoms with Crippen LogP contribution in [0.25, 0.3) is 21.6 Å². The number of methoxy groups -OCH3 is 1. The predicted octanol–water partition coefficient (Wildman–Crippen LogP) is 5.70. The maximum absolute atomic E-state index is 16.0. The molecular formula is C36H32F3N4O8PS. The van der Waals surface area contributed by atoms with Crippen molar-refractivity contribution >= 4 is 31.0 Å². The van der Waals surface area contributed by atoms with Crippen LogP contribution in [0, 0.1) is 5.82 Å². The number of nitrogens with one attached hydrogen (secondary N) is 1. The number of halogens is 3. The fourth-order valence-electron chi connectivity index (χ4n) is 8.09. The summed E-state index contributed by atoms with van der Waals surface area (Å²) in [4.78, 5) is 43.1. The Morgan fingerprint density at radius 3 is 2.66 bits per heavy atom. The predicted molar refractivity (Wildman–Crippen MR) is 186 cm³/mol. The number of nitrogens with zero attached hydrogens (tertiary/aromatic N) is 3. The molecule has 0 bridgehead atoms. The first-order valence-electron chi connectivity index (χ1n) is 17.1. The summed E-state index contributed by atoms with van der Waals surface area (Å²) in [7, 11) is -3.34. The second-order valence-corrected chi connectivity index (χ2v) is 16.1. The Morgan fingerprint density at radius 1 is 1.11 bits per heavy atom. The molecule has 0 spiro atoms. The summed E-state index contributed by atoms with van der Waals surface area (Å²) in [5.41, 5.74) is -0.390. The van der Waals surface area contributed by atoms with E-state index in [2.05, 4.69) is 5.09 Å². The first-order chi connectivity index (χ1) is 25.4. The van der Waals surface area contributed by atoms with Crippen molar-refractivity contribution in [3.8, 4) is 27.3 Å². The lowest BCUT2D eigenvalue weighted by Crippen LogP contribution is -2.66. The van der Waals surface area contributed by atoms with Gasteiger partial charge in [-0.25, -0.2) is 17.7 Å². The molecule has 4 heterocycles. The van der Waals surface area contributed by atoms with Crippen LogP contribution in [0.1, 0.15) is 58.5 Å². The lowest BCUT2D eigenvalue weighted by atomic mass is 9.80. The van der Waals surface area contributed by atoms with E-state index in [1.165, 1.54) is 40.3 Å². The fourth-order valence-corrected chi connectivity index (χ4v) is 11.0. The van der Waals surface area contributed by atoms with Crippen LogP contribution in [0.3, 0.4) is 0 Å². The summed E-state index contributed by atoms with van der Waals surface area (Å²) in [6.45, 7) is 1.65. The average molecular weight is 769 g/mol. The van der Waals surface area contributed by atoms with E-state index in [4.69, 9.17) is 18.5 Å². The molecule has 17 heteroatoms. The highest BCUT2D eigenvalue weighted by Crippen LogP contribution is 2.58. The number of morpholine rings is 1. The van der Waals surface area contributed by atoms with E-state index >= 15 is 13.2 Å². The summed E-state index contributed by atoms with van der Waals surface area (Å²) >= 11 is 1.31. The summed E-state index contributed by atoms with van der Waals surface area (Å²) in [6.07, 6.45) is 0.400. The van der Waals surface area contributed by atoms with Gasteiger partial charge in [0.25, 0.3) is 11.8 Å². The third kappa shape index (κ3) is 5.06. The zero-order valence-corrected chi connectivity index (χ0v) is 30.1. The number of aromatic nitrogens is 1. The average Bonchev–Trinajstić information content (AvgIpc) is 3.82. The molecule has 9 rings (SSSR count). The van der Waals surface area contributed by atoms with Crippen LogP contribution in [0.15, 0.2) is 58.8 Å². The second kappa shape index (κ2) is 12.0. The second-order valence-electron chi connectivity index (χ2n) is 13.6. The van der Waals surface area contributed by atoms with E-state index in [-0.39, 0.29) is 50.5 Å². The highest BCUT2D eigenvalue weighted by atomic mass is 32.1. The Labute approximate surface area is 304 Å². The van der Waals surface area contributed by atoms with Crippen molar-refractivity contribution in [2.75, 3.05) is 38.5 Å². The zero-order chi connectivity index (χ0) is 37.0. The van der Waals surface area contributed by atoms with E-state index in [0.29, 0.717) is 27.1 Å². The Balaban J connectivity index is 1.28. The molecule has 2 aromatic carbocycles. The number of fused-ring (bicyclic) bond motifs is 4. The van der Waals surface area contributed by atoms with Crippen LogP contribution >= 0.6 is 19.1 Å². The maximum atomic E-state index is 16.0. The first-order valence-corrected chi connectivity index (χ1v) is 19.5. The molecule has 276 valence electrons. The Kier molecular flexibility index (Phi) is 7.78. The molecule has 0 radical (unpaired) electrons. The third-order valence-corrected chi connectivity index (χ3v) is 13.3. The van der Waals surface area contributed by atoms with Gasteiger partial charge in [-0.05, 0) is 53.5 Å². The molecular weight excluding hydrogens is 736 g/mol. The number of alkyl halides is 2. The highest BCUT2D eigenvalue weighted by Gasteiger charge is 2.57. The number of esters is 1. The minimum Gasteiger partial charge on any atom is -0.468 e. The fraction of sp³-hybridized carbons (Fsp3) is 0.361. The number of benzene rings is 2. The lowest BCUT2D eigenvalue weighted by Gasteiger charge is -2.51. The van der Waals surface area contributed by atoms with Gasteiger partial charge in [-0.3, -0.25) is 28.6 Å². The molecule has 1 saturated heterocycles. The van der Waals surface area contributed by atoms with Crippen molar-refractivity contribution in [3.05, 3.63) is 98.0 Å². The Morgan fingerprint density at radius 2 is 1.91 bits per heavy atom. The van der Waals surface area contributed by atoms with Crippen molar-refractivity contribution in [2.45, 2.75) is 49.9 Å². The molecule has 53 heavy (non-hydrogen) atoms. The molecule has 2 aliphatic heterocycles.